The molecule has 0 aliphatic carbocycles. The van der Waals surface area contributed by atoms with Crippen molar-refractivity contribution in [2.24, 2.45) is 0 Å². The topological polar surface area (TPSA) is 87.6 Å². The third-order valence-corrected chi connectivity index (χ3v) is 2.71. The highest BCUT2D eigenvalue weighted by molar-refractivity contribution is 6.30. The highest BCUT2D eigenvalue weighted by atomic mass is 35.5. The lowest BCUT2D eigenvalue weighted by molar-refractivity contribution is 1.14. The van der Waals surface area contributed by atoms with Crippen LogP contribution in [0.4, 0.5) is 17.3 Å². The quantitative estimate of drug-likeness (QED) is 0.866. The summed E-state index contributed by atoms with van der Waals surface area (Å²) in [6.45, 7) is 1.80. The van der Waals surface area contributed by atoms with Crippen LogP contribution in [0.25, 0.3) is 0 Å². The van der Waals surface area contributed by atoms with Gasteiger partial charge in [-0.15, -0.1) is 0 Å². The molecule has 1 aromatic carbocycles. The second kappa shape index (κ2) is 4.90. The molecular formula is C12H10ClN5. The van der Waals surface area contributed by atoms with Crippen LogP contribution in [-0.2, 0) is 0 Å². The van der Waals surface area contributed by atoms with Gasteiger partial charge in [-0.2, -0.15) is 5.26 Å². The third-order valence-electron chi connectivity index (χ3n) is 2.48. The van der Waals surface area contributed by atoms with E-state index in [2.05, 4.69) is 21.4 Å². The number of benzene rings is 1. The maximum Gasteiger partial charge on any atom is 0.138 e. The summed E-state index contributed by atoms with van der Waals surface area (Å²) < 4.78 is 0. The van der Waals surface area contributed by atoms with E-state index in [1.165, 1.54) is 6.33 Å². The number of nitriles is 1. The number of nitrogens with one attached hydrogen (secondary N) is 1. The van der Waals surface area contributed by atoms with Gasteiger partial charge < -0.3 is 11.1 Å². The Morgan fingerprint density at radius 1 is 1.39 bits per heavy atom. The Hall–Kier alpha value is -2.32. The van der Waals surface area contributed by atoms with Crippen molar-refractivity contribution in [2.45, 2.75) is 6.92 Å². The van der Waals surface area contributed by atoms with Crippen LogP contribution in [0.15, 0.2) is 24.5 Å². The molecule has 3 N–H and O–H groups in total. The fourth-order valence-corrected chi connectivity index (χ4v) is 1.61. The van der Waals surface area contributed by atoms with E-state index in [0.29, 0.717) is 27.9 Å². The zero-order valence-corrected chi connectivity index (χ0v) is 10.4. The van der Waals surface area contributed by atoms with E-state index in [-0.39, 0.29) is 0 Å². The minimum absolute atomic E-state index is 0.396. The standard InChI is InChI=1S/C12H10ClN5/c1-7-11(15)16-6-17-12(7)18-10-4-9(13)3-2-8(10)5-14/h2-4,6H,1H3,(H3,15,16,17,18). The fourth-order valence-electron chi connectivity index (χ4n) is 1.43. The summed E-state index contributed by atoms with van der Waals surface area (Å²) in [5.74, 6) is 0.953. The number of anilines is 3. The molecule has 18 heavy (non-hydrogen) atoms. The van der Waals surface area contributed by atoms with Crippen LogP contribution in [-0.4, -0.2) is 9.97 Å². The molecule has 5 nitrogen and oxygen atoms in total. The van der Waals surface area contributed by atoms with Crippen molar-refractivity contribution >= 4 is 28.9 Å². The Bertz CT molecular complexity index is 633. The van der Waals surface area contributed by atoms with E-state index < -0.39 is 0 Å². The van der Waals surface area contributed by atoms with Gasteiger partial charge in [-0.3, -0.25) is 0 Å². The Morgan fingerprint density at radius 2 is 2.17 bits per heavy atom. The van der Waals surface area contributed by atoms with Gasteiger partial charge in [0.2, 0.25) is 0 Å². The van der Waals surface area contributed by atoms with Crippen molar-refractivity contribution in [3.63, 3.8) is 0 Å². The Morgan fingerprint density at radius 3 is 2.89 bits per heavy atom. The van der Waals surface area contributed by atoms with Crippen LogP contribution in [0, 0.1) is 18.3 Å². The van der Waals surface area contributed by atoms with E-state index in [4.69, 9.17) is 22.6 Å². The molecule has 0 saturated heterocycles. The second-order valence-electron chi connectivity index (χ2n) is 3.66. The summed E-state index contributed by atoms with van der Waals surface area (Å²) in [7, 11) is 0. The van der Waals surface area contributed by atoms with Crippen molar-refractivity contribution < 1.29 is 0 Å². The SMILES string of the molecule is Cc1c(N)ncnc1Nc1cc(Cl)ccc1C#N. The lowest BCUT2D eigenvalue weighted by Crippen LogP contribution is -2.03. The second-order valence-corrected chi connectivity index (χ2v) is 4.10. The average Bonchev–Trinajstić information content (AvgIpc) is 2.35. The fraction of sp³-hybridized carbons (Fsp3) is 0.0833. The van der Waals surface area contributed by atoms with E-state index in [1.54, 1.807) is 25.1 Å². The van der Waals surface area contributed by atoms with Gasteiger partial charge in [-0.25, -0.2) is 9.97 Å². The molecule has 0 aliphatic heterocycles. The van der Waals surface area contributed by atoms with Gasteiger partial charge in [-0.05, 0) is 25.1 Å². The van der Waals surface area contributed by atoms with Crippen LogP contribution in [0.2, 0.25) is 5.02 Å². The monoisotopic (exact) mass is 259 g/mol. The number of nitrogens with two attached hydrogens (primary N) is 1. The number of aromatic nitrogens is 2. The Labute approximate surface area is 109 Å². The van der Waals surface area contributed by atoms with Gasteiger partial charge in [0.05, 0.1) is 11.3 Å². The molecule has 0 radical (unpaired) electrons. The van der Waals surface area contributed by atoms with Crippen LogP contribution in [0.5, 0.6) is 0 Å². The molecule has 0 bridgehead atoms. The lowest BCUT2D eigenvalue weighted by atomic mass is 10.2. The smallest absolute Gasteiger partial charge is 0.138 e. The van der Waals surface area contributed by atoms with Crippen molar-refractivity contribution in [1.29, 1.82) is 5.26 Å². The molecule has 6 heteroatoms. The molecule has 1 heterocycles. The molecule has 0 amide bonds. The maximum atomic E-state index is 9.02. The molecule has 2 aromatic rings. The van der Waals surface area contributed by atoms with E-state index in [1.807, 2.05) is 0 Å². The number of hydrogen-bond acceptors (Lipinski definition) is 5. The summed E-state index contributed by atoms with van der Waals surface area (Å²) in [5, 5.41) is 12.6. The molecule has 90 valence electrons. The first-order valence-electron chi connectivity index (χ1n) is 5.15. The van der Waals surface area contributed by atoms with Crippen LogP contribution < -0.4 is 11.1 Å². The van der Waals surface area contributed by atoms with Gasteiger partial charge in [0.1, 0.15) is 24.0 Å². The summed E-state index contributed by atoms with van der Waals surface area (Å²) in [6, 6.07) is 7.05. The Balaban J connectivity index is 2.43. The van der Waals surface area contributed by atoms with Crippen molar-refractivity contribution in [3.05, 3.63) is 40.7 Å². The van der Waals surface area contributed by atoms with Gasteiger partial charge >= 0.3 is 0 Å². The zero-order chi connectivity index (χ0) is 13.1. The zero-order valence-electron chi connectivity index (χ0n) is 9.61. The van der Waals surface area contributed by atoms with E-state index in [9.17, 15) is 0 Å². The van der Waals surface area contributed by atoms with Gasteiger partial charge in [0.25, 0.3) is 0 Å². The van der Waals surface area contributed by atoms with Crippen molar-refractivity contribution in [2.75, 3.05) is 11.1 Å². The van der Waals surface area contributed by atoms with Crippen LogP contribution >= 0.6 is 11.6 Å². The molecule has 0 unspecified atom stereocenters. The summed E-state index contributed by atoms with van der Waals surface area (Å²) in [5.41, 5.74) is 7.49. The largest absolute Gasteiger partial charge is 0.383 e. The number of hydrogen-bond donors (Lipinski definition) is 2. The normalized spacial score (nSPS) is 9.83. The summed E-state index contributed by atoms with van der Waals surface area (Å²) >= 11 is 5.90. The highest BCUT2D eigenvalue weighted by Gasteiger charge is 2.08. The molecule has 0 aliphatic rings. The molecule has 2 rings (SSSR count). The molecular weight excluding hydrogens is 250 g/mol. The predicted octanol–water partition coefficient (Wildman–Crippen LogP) is 2.64. The van der Waals surface area contributed by atoms with E-state index in [0.717, 1.165) is 5.56 Å². The van der Waals surface area contributed by atoms with E-state index >= 15 is 0 Å². The summed E-state index contributed by atoms with van der Waals surface area (Å²) in [6.07, 6.45) is 1.36. The minimum atomic E-state index is 0.396. The maximum absolute atomic E-state index is 9.02. The first-order valence-corrected chi connectivity index (χ1v) is 5.53. The number of nitrogen functional groups attached to an aromatic ring is 1. The molecule has 0 fully saturated rings. The van der Waals surface area contributed by atoms with Gasteiger partial charge in [0.15, 0.2) is 0 Å². The number of halogens is 1. The minimum Gasteiger partial charge on any atom is -0.383 e. The number of rotatable bonds is 2. The predicted molar refractivity (Wildman–Crippen MR) is 70.6 cm³/mol. The molecule has 0 spiro atoms. The van der Waals surface area contributed by atoms with Gasteiger partial charge in [0, 0.05) is 10.6 Å². The van der Waals surface area contributed by atoms with Crippen molar-refractivity contribution in [3.8, 4) is 6.07 Å². The average molecular weight is 260 g/mol. The van der Waals surface area contributed by atoms with Crippen LogP contribution in [0.3, 0.4) is 0 Å². The molecule has 1 aromatic heterocycles. The first kappa shape index (κ1) is 12.1. The lowest BCUT2D eigenvalue weighted by Gasteiger charge is -2.10. The Kier molecular flexibility index (Phi) is 3.31. The van der Waals surface area contributed by atoms with Crippen molar-refractivity contribution in [1.82, 2.24) is 9.97 Å². The third kappa shape index (κ3) is 2.34. The highest BCUT2D eigenvalue weighted by Crippen LogP contribution is 2.25. The molecule has 0 atom stereocenters. The summed E-state index contributed by atoms with van der Waals surface area (Å²) in [4.78, 5) is 7.96. The number of nitrogens with zero attached hydrogens (tertiary/aromatic N) is 3. The van der Waals surface area contributed by atoms with Crippen LogP contribution in [0.1, 0.15) is 11.1 Å². The van der Waals surface area contributed by atoms with Gasteiger partial charge in [-0.1, -0.05) is 11.6 Å². The first-order chi connectivity index (χ1) is 8.61. The molecule has 0 saturated carbocycles.